The molecule has 1 aromatic carbocycles. The molecule has 0 radical (unpaired) electrons. The summed E-state index contributed by atoms with van der Waals surface area (Å²) in [6.45, 7) is 2.68. The number of benzene rings is 1. The second-order valence-corrected chi connectivity index (χ2v) is 5.61. The third-order valence-corrected chi connectivity index (χ3v) is 4.83. The molecule has 3 N–H and O–H groups in total. The number of phenols is 1. The van der Waals surface area contributed by atoms with Crippen molar-refractivity contribution in [3.8, 4) is 5.75 Å². The largest absolute Gasteiger partial charge is 0.507 e. The van der Waals surface area contributed by atoms with E-state index in [1.807, 2.05) is 13.0 Å². The molecule has 0 amide bonds. The van der Waals surface area contributed by atoms with Crippen LogP contribution in [0, 0.1) is 6.92 Å². The summed E-state index contributed by atoms with van der Waals surface area (Å²) in [4.78, 5) is 0. The van der Waals surface area contributed by atoms with Crippen LogP contribution in [0.25, 0.3) is 0 Å². The molecule has 0 spiro atoms. The first kappa shape index (κ1) is 11.9. The van der Waals surface area contributed by atoms with E-state index < -0.39 is 0 Å². The van der Waals surface area contributed by atoms with Crippen molar-refractivity contribution in [2.24, 2.45) is 5.73 Å². The summed E-state index contributed by atoms with van der Waals surface area (Å²) in [5.41, 5.74) is 8.32. The maximum Gasteiger partial charge on any atom is 0.130 e. The zero-order valence-corrected chi connectivity index (χ0v) is 11.2. The summed E-state index contributed by atoms with van der Waals surface area (Å²) in [5, 5.41) is 9.86. The minimum absolute atomic E-state index is 0.100. The van der Waals surface area contributed by atoms with Crippen LogP contribution in [0.2, 0.25) is 0 Å². The van der Waals surface area contributed by atoms with Gasteiger partial charge in [-0.2, -0.15) is 0 Å². The van der Waals surface area contributed by atoms with Gasteiger partial charge in [-0.15, -0.1) is 0 Å². The lowest BCUT2D eigenvalue weighted by Crippen LogP contribution is -2.32. The molecule has 1 fully saturated rings. The van der Waals surface area contributed by atoms with Crippen LogP contribution in [0.4, 0.5) is 0 Å². The van der Waals surface area contributed by atoms with E-state index in [0.29, 0.717) is 12.3 Å². The Hall–Kier alpha value is -0.540. The molecule has 1 aromatic rings. The van der Waals surface area contributed by atoms with Gasteiger partial charge >= 0.3 is 0 Å². The van der Waals surface area contributed by atoms with Crippen LogP contribution in [0.15, 0.2) is 16.6 Å². The third kappa shape index (κ3) is 1.87. The van der Waals surface area contributed by atoms with Crippen molar-refractivity contribution < 1.29 is 5.11 Å². The fourth-order valence-corrected chi connectivity index (χ4v) is 2.95. The molecular weight excluding hydrogens is 266 g/mol. The van der Waals surface area contributed by atoms with Crippen LogP contribution in [-0.2, 0) is 5.41 Å². The van der Waals surface area contributed by atoms with Gasteiger partial charge in [-0.1, -0.05) is 18.9 Å². The summed E-state index contributed by atoms with van der Waals surface area (Å²) in [6.07, 6.45) is 4.77. The smallest absolute Gasteiger partial charge is 0.130 e. The van der Waals surface area contributed by atoms with Gasteiger partial charge < -0.3 is 10.8 Å². The van der Waals surface area contributed by atoms with E-state index in [-0.39, 0.29) is 5.41 Å². The Morgan fingerprint density at radius 3 is 2.50 bits per heavy atom. The Balaban J connectivity index is 2.47. The molecule has 0 aliphatic heterocycles. The van der Waals surface area contributed by atoms with Crippen LogP contribution in [0.1, 0.15) is 36.8 Å². The first-order valence-electron chi connectivity index (χ1n) is 5.79. The average Bonchev–Trinajstić information content (AvgIpc) is 2.75. The van der Waals surface area contributed by atoms with E-state index >= 15 is 0 Å². The Morgan fingerprint density at radius 2 is 2.00 bits per heavy atom. The number of rotatable bonds is 2. The van der Waals surface area contributed by atoms with Crippen LogP contribution in [0.3, 0.4) is 0 Å². The molecule has 0 bridgehead atoms. The Labute approximate surface area is 105 Å². The van der Waals surface area contributed by atoms with Crippen molar-refractivity contribution in [1.29, 1.82) is 0 Å². The number of hydrogen-bond acceptors (Lipinski definition) is 2. The van der Waals surface area contributed by atoms with Gasteiger partial charge in [0.15, 0.2) is 0 Å². The number of halogens is 1. The lowest BCUT2D eigenvalue weighted by atomic mass is 9.78. The fourth-order valence-electron chi connectivity index (χ4n) is 2.72. The molecule has 1 aliphatic carbocycles. The van der Waals surface area contributed by atoms with Crippen LogP contribution in [0.5, 0.6) is 5.75 Å². The van der Waals surface area contributed by atoms with Gasteiger partial charge in [0, 0.05) is 12.0 Å². The number of hydrogen-bond donors (Lipinski definition) is 2. The summed E-state index contributed by atoms with van der Waals surface area (Å²) < 4.78 is 0.793. The van der Waals surface area contributed by atoms with E-state index in [4.69, 9.17) is 5.73 Å². The minimum atomic E-state index is 0.100. The summed E-state index contributed by atoms with van der Waals surface area (Å²) in [6, 6.07) is 4.03. The molecule has 2 rings (SSSR count). The number of nitrogens with two attached hydrogens (primary N) is 1. The van der Waals surface area contributed by atoms with Crippen molar-refractivity contribution in [1.82, 2.24) is 0 Å². The molecule has 0 saturated heterocycles. The number of phenolic OH excluding ortho intramolecular Hbond substituents is 1. The molecule has 1 aliphatic rings. The molecule has 0 atom stereocenters. The van der Waals surface area contributed by atoms with Crippen molar-refractivity contribution >= 4 is 15.9 Å². The molecular formula is C13H18BrNO. The zero-order valence-electron chi connectivity index (χ0n) is 9.59. The van der Waals surface area contributed by atoms with Crippen molar-refractivity contribution in [2.75, 3.05) is 6.54 Å². The predicted molar refractivity (Wildman–Crippen MR) is 69.7 cm³/mol. The van der Waals surface area contributed by atoms with Gasteiger partial charge in [0.25, 0.3) is 0 Å². The first-order valence-corrected chi connectivity index (χ1v) is 6.58. The lowest BCUT2D eigenvalue weighted by molar-refractivity contribution is 0.439. The normalized spacial score (nSPS) is 18.9. The molecule has 1 saturated carbocycles. The minimum Gasteiger partial charge on any atom is -0.507 e. The molecule has 16 heavy (non-hydrogen) atoms. The zero-order chi connectivity index (χ0) is 11.8. The van der Waals surface area contributed by atoms with E-state index in [1.165, 1.54) is 18.4 Å². The van der Waals surface area contributed by atoms with E-state index in [9.17, 15) is 5.11 Å². The Bertz CT molecular complexity index is 374. The molecule has 88 valence electrons. The summed E-state index contributed by atoms with van der Waals surface area (Å²) >= 11 is 3.38. The van der Waals surface area contributed by atoms with Crippen LogP contribution >= 0.6 is 15.9 Å². The van der Waals surface area contributed by atoms with Crippen molar-refractivity contribution in [3.05, 3.63) is 27.7 Å². The van der Waals surface area contributed by atoms with Gasteiger partial charge in [0.1, 0.15) is 5.75 Å². The Morgan fingerprint density at radius 1 is 1.38 bits per heavy atom. The standard InChI is InChI=1S/C13H18BrNO/c1-9-6-10(7-11(16)12(9)14)13(8-15)4-2-3-5-13/h6-7,16H,2-5,8,15H2,1H3. The predicted octanol–water partition coefficient (Wildman–Crippen LogP) is 3.23. The molecule has 0 aromatic heterocycles. The average molecular weight is 284 g/mol. The van der Waals surface area contributed by atoms with E-state index in [2.05, 4.69) is 22.0 Å². The molecule has 3 heteroatoms. The highest BCUT2D eigenvalue weighted by atomic mass is 79.9. The number of aromatic hydroxyl groups is 1. The molecule has 0 heterocycles. The maximum atomic E-state index is 9.86. The highest BCUT2D eigenvalue weighted by Crippen LogP contribution is 2.43. The van der Waals surface area contributed by atoms with E-state index in [1.54, 1.807) is 0 Å². The lowest BCUT2D eigenvalue weighted by Gasteiger charge is -2.28. The second-order valence-electron chi connectivity index (χ2n) is 4.82. The van der Waals surface area contributed by atoms with Crippen LogP contribution in [-0.4, -0.2) is 11.7 Å². The van der Waals surface area contributed by atoms with Gasteiger partial charge in [-0.3, -0.25) is 0 Å². The number of aryl methyl sites for hydroxylation is 1. The monoisotopic (exact) mass is 283 g/mol. The quantitative estimate of drug-likeness (QED) is 0.875. The fraction of sp³-hybridized carbons (Fsp3) is 0.538. The SMILES string of the molecule is Cc1cc(C2(CN)CCCC2)cc(O)c1Br. The highest BCUT2D eigenvalue weighted by molar-refractivity contribution is 9.10. The van der Waals surface area contributed by atoms with Crippen LogP contribution < -0.4 is 5.73 Å². The van der Waals surface area contributed by atoms with Gasteiger partial charge in [-0.25, -0.2) is 0 Å². The third-order valence-electron chi connectivity index (χ3n) is 3.80. The molecule has 0 unspecified atom stereocenters. The van der Waals surface area contributed by atoms with Crippen molar-refractivity contribution in [2.45, 2.75) is 38.0 Å². The highest BCUT2D eigenvalue weighted by Gasteiger charge is 2.34. The maximum absolute atomic E-state index is 9.86. The molecule has 2 nitrogen and oxygen atoms in total. The summed E-state index contributed by atoms with van der Waals surface area (Å²) in [5.74, 6) is 0.328. The van der Waals surface area contributed by atoms with Gasteiger partial charge in [-0.05, 0) is 52.9 Å². The van der Waals surface area contributed by atoms with E-state index in [0.717, 1.165) is 22.9 Å². The van der Waals surface area contributed by atoms with Gasteiger partial charge in [0.05, 0.1) is 4.47 Å². The second kappa shape index (κ2) is 4.38. The first-order chi connectivity index (χ1) is 7.59. The van der Waals surface area contributed by atoms with Crippen molar-refractivity contribution in [3.63, 3.8) is 0 Å². The summed E-state index contributed by atoms with van der Waals surface area (Å²) in [7, 11) is 0. The Kier molecular flexibility index (Phi) is 3.27. The topological polar surface area (TPSA) is 46.2 Å². The van der Waals surface area contributed by atoms with Gasteiger partial charge in [0.2, 0.25) is 0 Å².